The Hall–Kier alpha value is -1.35. The number of rotatable bonds is 6. The summed E-state index contributed by atoms with van der Waals surface area (Å²) in [7, 11) is 0. The van der Waals surface area contributed by atoms with Gasteiger partial charge in [-0.15, -0.1) is 0 Å². The second kappa shape index (κ2) is 6.01. The Bertz CT molecular complexity index is 489. The van der Waals surface area contributed by atoms with Crippen molar-refractivity contribution in [1.82, 2.24) is 15.1 Å². The van der Waals surface area contributed by atoms with Crippen LogP contribution in [0.15, 0.2) is 30.5 Å². The lowest BCUT2D eigenvalue weighted by Gasteiger charge is -2.24. The molecule has 2 aromatic rings. The lowest BCUT2D eigenvalue weighted by atomic mass is 9.99. The molecule has 1 heterocycles. The molecule has 1 aromatic carbocycles. The second-order valence-electron chi connectivity index (χ2n) is 4.94. The topological polar surface area (TPSA) is 29.9 Å². The molecule has 98 valence electrons. The standard InChI is InChI=1S/C15H23N3/c1-4-12(3)14(16-5-2)11-18-15-9-7-6-8-13(15)10-17-18/h6-10,12,14,16H,4-5,11H2,1-3H3. The van der Waals surface area contributed by atoms with Crippen LogP contribution >= 0.6 is 0 Å². The Balaban J connectivity index is 2.20. The minimum atomic E-state index is 0.489. The van der Waals surface area contributed by atoms with E-state index in [4.69, 9.17) is 0 Å². The third-order valence-electron chi connectivity index (χ3n) is 3.72. The van der Waals surface area contributed by atoms with Gasteiger partial charge in [0.1, 0.15) is 0 Å². The lowest BCUT2D eigenvalue weighted by Crippen LogP contribution is -2.38. The van der Waals surface area contributed by atoms with E-state index in [0.717, 1.165) is 13.1 Å². The average molecular weight is 245 g/mol. The van der Waals surface area contributed by atoms with Crippen LogP contribution in [-0.4, -0.2) is 22.4 Å². The quantitative estimate of drug-likeness (QED) is 0.847. The first kappa shape index (κ1) is 13.1. The Morgan fingerprint density at radius 2 is 2.06 bits per heavy atom. The summed E-state index contributed by atoms with van der Waals surface area (Å²) in [5.41, 5.74) is 1.23. The van der Waals surface area contributed by atoms with Gasteiger partial charge in [-0.1, -0.05) is 45.4 Å². The van der Waals surface area contributed by atoms with Crippen LogP contribution in [0.3, 0.4) is 0 Å². The third kappa shape index (κ3) is 2.72. The molecule has 0 spiro atoms. The largest absolute Gasteiger partial charge is 0.312 e. The van der Waals surface area contributed by atoms with Crippen molar-refractivity contribution in [3.05, 3.63) is 30.5 Å². The van der Waals surface area contributed by atoms with Gasteiger partial charge in [0.2, 0.25) is 0 Å². The van der Waals surface area contributed by atoms with E-state index in [2.05, 4.69) is 60.1 Å². The highest BCUT2D eigenvalue weighted by Gasteiger charge is 2.16. The normalized spacial score (nSPS) is 14.8. The minimum absolute atomic E-state index is 0.489. The molecule has 0 radical (unpaired) electrons. The van der Waals surface area contributed by atoms with Gasteiger partial charge in [-0.3, -0.25) is 4.68 Å². The van der Waals surface area contributed by atoms with Crippen LogP contribution in [0.2, 0.25) is 0 Å². The second-order valence-corrected chi connectivity index (χ2v) is 4.94. The SMILES string of the molecule is CCNC(Cn1ncc2ccccc21)C(C)CC. The Kier molecular flexibility index (Phi) is 4.37. The number of nitrogens with one attached hydrogen (secondary N) is 1. The van der Waals surface area contributed by atoms with Crippen LogP contribution in [0.1, 0.15) is 27.2 Å². The molecule has 0 fully saturated rings. The van der Waals surface area contributed by atoms with Gasteiger partial charge in [-0.2, -0.15) is 5.10 Å². The summed E-state index contributed by atoms with van der Waals surface area (Å²) in [5.74, 6) is 0.660. The van der Waals surface area contributed by atoms with Crippen LogP contribution in [0.4, 0.5) is 0 Å². The molecule has 0 aliphatic rings. The molecule has 0 saturated heterocycles. The molecular formula is C15H23N3. The maximum atomic E-state index is 4.51. The van der Waals surface area contributed by atoms with Crippen molar-refractivity contribution in [2.45, 2.75) is 39.8 Å². The number of hydrogen-bond acceptors (Lipinski definition) is 2. The summed E-state index contributed by atoms with van der Waals surface area (Å²) in [6, 6.07) is 8.88. The summed E-state index contributed by atoms with van der Waals surface area (Å²) in [4.78, 5) is 0. The van der Waals surface area contributed by atoms with E-state index in [-0.39, 0.29) is 0 Å². The predicted molar refractivity (Wildman–Crippen MR) is 76.7 cm³/mol. The molecule has 1 aromatic heterocycles. The molecular weight excluding hydrogens is 222 g/mol. The molecule has 2 unspecified atom stereocenters. The first-order valence-corrected chi connectivity index (χ1v) is 6.90. The Labute approximate surface area is 109 Å². The predicted octanol–water partition coefficient (Wildman–Crippen LogP) is 3.06. The number of para-hydroxylation sites is 1. The third-order valence-corrected chi connectivity index (χ3v) is 3.72. The lowest BCUT2D eigenvalue weighted by molar-refractivity contribution is 0.327. The molecule has 0 aliphatic heterocycles. The van der Waals surface area contributed by atoms with Crippen molar-refractivity contribution in [2.75, 3.05) is 6.54 Å². The van der Waals surface area contributed by atoms with Crippen molar-refractivity contribution in [1.29, 1.82) is 0 Å². The van der Waals surface area contributed by atoms with E-state index in [1.807, 2.05) is 6.20 Å². The maximum Gasteiger partial charge on any atom is 0.0683 e. The highest BCUT2D eigenvalue weighted by atomic mass is 15.3. The molecule has 0 saturated carbocycles. The van der Waals surface area contributed by atoms with E-state index < -0.39 is 0 Å². The van der Waals surface area contributed by atoms with E-state index in [1.54, 1.807) is 0 Å². The van der Waals surface area contributed by atoms with E-state index >= 15 is 0 Å². The number of fused-ring (bicyclic) bond motifs is 1. The molecule has 2 atom stereocenters. The monoisotopic (exact) mass is 245 g/mol. The van der Waals surface area contributed by atoms with Crippen LogP contribution in [0.25, 0.3) is 10.9 Å². The molecule has 3 heteroatoms. The van der Waals surface area contributed by atoms with Gasteiger partial charge < -0.3 is 5.32 Å². The average Bonchev–Trinajstić information content (AvgIpc) is 2.81. The molecule has 0 bridgehead atoms. The van der Waals surface area contributed by atoms with E-state index in [0.29, 0.717) is 12.0 Å². The van der Waals surface area contributed by atoms with Gasteiger partial charge in [0.05, 0.1) is 18.3 Å². The first-order valence-electron chi connectivity index (χ1n) is 6.90. The Morgan fingerprint density at radius 3 is 2.78 bits per heavy atom. The van der Waals surface area contributed by atoms with Gasteiger partial charge in [0.15, 0.2) is 0 Å². The molecule has 18 heavy (non-hydrogen) atoms. The fourth-order valence-corrected chi connectivity index (χ4v) is 2.35. The maximum absolute atomic E-state index is 4.51. The number of benzene rings is 1. The number of aromatic nitrogens is 2. The van der Waals surface area contributed by atoms with Crippen molar-refractivity contribution in [2.24, 2.45) is 5.92 Å². The zero-order valence-electron chi connectivity index (χ0n) is 11.6. The molecule has 2 rings (SSSR count). The number of likely N-dealkylation sites (N-methyl/N-ethyl adjacent to an activating group) is 1. The highest BCUT2D eigenvalue weighted by molar-refractivity contribution is 5.78. The zero-order chi connectivity index (χ0) is 13.0. The molecule has 3 nitrogen and oxygen atoms in total. The summed E-state index contributed by atoms with van der Waals surface area (Å²) in [6.07, 6.45) is 3.14. The first-order chi connectivity index (χ1) is 8.76. The van der Waals surface area contributed by atoms with Gasteiger partial charge in [0.25, 0.3) is 0 Å². The molecule has 1 N–H and O–H groups in total. The summed E-state index contributed by atoms with van der Waals surface area (Å²) < 4.78 is 2.12. The van der Waals surface area contributed by atoms with Gasteiger partial charge in [-0.25, -0.2) is 0 Å². The van der Waals surface area contributed by atoms with Crippen LogP contribution < -0.4 is 5.32 Å². The smallest absolute Gasteiger partial charge is 0.0683 e. The summed E-state index contributed by atoms with van der Waals surface area (Å²) in [6.45, 7) is 8.66. The van der Waals surface area contributed by atoms with Gasteiger partial charge >= 0.3 is 0 Å². The Morgan fingerprint density at radius 1 is 1.28 bits per heavy atom. The van der Waals surface area contributed by atoms with Gasteiger partial charge in [0, 0.05) is 11.4 Å². The number of hydrogen-bond donors (Lipinski definition) is 1. The van der Waals surface area contributed by atoms with Crippen molar-refractivity contribution < 1.29 is 0 Å². The van der Waals surface area contributed by atoms with E-state index in [9.17, 15) is 0 Å². The highest BCUT2D eigenvalue weighted by Crippen LogP contribution is 2.16. The fraction of sp³-hybridized carbons (Fsp3) is 0.533. The summed E-state index contributed by atoms with van der Waals surface area (Å²) in [5, 5.41) is 9.31. The van der Waals surface area contributed by atoms with Crippen molar-refractivity contribution in [3.8, 4) is 0 Å². The minimum Gasteiger partial charge on any atom is -0.312 e. The van der Waals surface area contributed by atoms with Crippen LogP contribution in [0, 0.1) is 5.92 Å². The summed E-state index contributed by atoms with van der Waals surface area (Å²) >= 11 is 0. The molecule has 0 aliphatic carbocycles. The molecule has 0 amide bonds. The number of nitrogens with zero attached hydrogens (tertiary/aromatic N) is 2. The van der Waals surface area contributed by atoms with Crippen LogP contribution in [0.5, 0.6) is 0 Å². The van der Waals surface area contributed by atoms with Crippen molar-refractivity contribution >= 4 is 10.9 Å². The zero-order valence-corrected chi connectivity index (χ0v) is 11.6. The van der Waals surface area contributed by atoms with E-state index in [1.165, 1.54) is 17.3 Å². The van der Waals surface area contributed by atoms with Gasteiger partial charge in [-0.05, 0) is 18.5 Å². The van der Waals surface area contributed by atoms with Crippen molar-refractivity contribution in [3.63, 3.8) is 0 Å². The fourth-order valence-electron chi connectivity index (χ4n) is 2.35. The van der Waals surface area contributed by atoms with Crippen LogP contribution in [-0.2, 0) is 6.54 Å².